The van der Waals surface area contributed by atoms with Gasteiger partial charge in [-0.3, -0.25) is 4.90 Å². The van der Waals surface area contributed by atoms with Gasteiger partial charge in [0.25, 0.3) is 0 Å². The van der Waals surface area contributed by atoms with Gasteiger partial charge in [0.15, 0.2) is 0 Å². The molecule has 21 heavy (non-hydrogen) atoms. The lowest BCUT2D eigenvalue weighted by atomic mass is 9.74. The van der Waals surface area contributed by atoms with E-state index in [4.69, 9.17) is 10.5 Å². The van der Waals surface area contributed by atoms with Crippen LogP contribution in [-0.2, 0) is 17.7 Å². The third kappa shape index (κ3) is 3.17. The molecule has 118 valence electrons. The molecule has 1 aromatic heterocycles. The quantitative estimate of drug-likeness (QED) is 0.927. The van der Waals surface area contributed by atoms with Crippen LogP contribution in [0, 0.1) is 12.3 Å². The number of nitrogens with zero attached hydrogens (tertiary/aromatic N) is 2. The molecule has 1 saturated heterocycles. The summed E-state index contributed by atoms with van der Waals surface area (Å²) in [6, 6.07) is 2.52. The molecular weight excluding hydrogens is 262 g/mol. The van der Waals surface area contributed by atoms with Gasteiger partial charge in [-0.25, -0.2) is 0 Å². The van der Waals surface area contributed by atoms with Gasteiger partial charge >= 0.3 is 0 Å². The van der Waals surface area contributed by atoms with Crippen molar-refractivity contribution in [2.75, 3.05) is 32.8 Å². The van der Waals surface area contributed by atoms with E-state index in [0.717, 1.165) is 52.2 Å². The number of rotatable bonds is 3. The summed E-state index contributed by atoms with van der Waals surface area (Å²) in [5.41, 5.74) is 10.9. The second kappa shape index (κ2) is 5.75. The summed E-state index contributed by atoms with van der Waals surface area (Å²) in [6.45, 7) is 13.0. The summed E-state index contributed by atoms with van der Waals surface area (Å²) in [4.78, 5) is 2.50. The average molecular weight is 291 g/mol. The van der Waals surface area contributed by atoms with Gasteiger partial charge in [-0.2, -0.15) is 0 Å². The molecule has 1 fully saturated rings. The lowest BCUT2D eigenvalue weighted by molar-refractivity contribution is 0.0362. The van der Waals surface area contributed by atoms with Gasteiger partial charge in [0.2, 0.25) is 0 Å². The second-order valence-electron chi connectivity index (χ2n) is 7.45. The highest BCUT2D eigenvalue weighted by atomic mass is 16.5. The van der Waals surface area contributed by atoms with Crippen molar-refractivity contribution in [2.45, 2.75) is 46.2 Å². The third-order valence-corrected chi connectivity index (χ3v) is 5.01. The number of aryl methyl sites for hydroxylation is 1. The number of morpholine rings is 1. The second-order valence-corrected chi connectivity index (χ2v) is 7.45. The van der Waals surface area contributed by atoms with Crippen LogP contribution in [0.3, 0.4) is 0 Å². The summed E-state index contributed by atoms with van der Waals surface area (Å²) < 4.78 is 7.93. The maximum atomic E-state index is 6.40. The van der Waals surface area contributed by atoms with Crippen LogP contribution in [0.5, 0.6) is 0 Å². The zero-order chi connectivity index (χ0) is 15.0. The van der Waals surface area contributed by atoms with Crippen molar-refractivity contribution in [3.05, 3.63) is 23.0 Å². The Morgan fingerprint density at radius 3 is 2.71 bits per heavy atom. The zero-order valence-corrected chi connectivity index (χ0v) is 13.7. The lowest BCUT2D eigenvalue weighted by Crippen LogP contribution is -2.38. The maximum Gasteiger partial charge on any atom is 0.0594 e. The van der Waals surface area contributed by atoms with Crippen LogP contribution < -0.4 is 5.73 Å². The molecule has 1 aliphatic carbocycles. The Kier molecular flexibility index (Phi) is 4.12. The SMILES string of the molecule is Cc1cc2c(n1CCN1CCOCC1)CC(C)(C)CC2N. The van der Waals surface area contributed by atoms with Crippen LogP contribution in [0.4, 0.5) is 0 Å². The highest BCUT2D eigenvalue weighted by Gasteiger charge is 2.33. The van der Waals surface area contributed by atoms with Crippen molar-refractivity contribution in [2.24, 2.45) is 11.1 Å². The Hall–Kier alpha value is -0.840. The molecule has 3 rings (SSSR count). The van der Waals surface area contributed by atoms with E-state index in [1.54, 1.807) is 0 Å². The summed E-state index contributed by atoms with van der Waals surface area (Å²) in [5, 5.41) is 0. The van der Waals surface area contributed by atoms with Gasteiger partial charge < -0.3 is 15.0 Å². The van der Waals surface area contributed by atoms with Crippen molar-refractivity contribution in [3.63, 3.8) is 0 Å². The summed E-state index contributed by atoms with van der Waals surface area (Å²) in [7, 11) is 0. The molecule has 2 N–H and O–H groups in total. The first-order valence-corrected chi connectivity index (χ1v) is 8.21. The molecule has 1 unspecified atom stereocenters. The topological polar surface area (TPSA) is 43.4 Å². The van der Waals surface area contributed by atoms with Gasteiger partial charge in [0.05, 0.1) is 13.2 Å². The Balaban J connectivity index is 1.76. The molecule has 4 nitrogen and oxygen atoms in total. The van der Waals surface area contributed by atoms with Crippen LogP contribution in [0.1, 0.15) is 43.3 Å². The van der Waals surface area contributed by atoms with Gasteiger partial charge in [-0.1, -0.05) is 13.8 Å². The highest BCUT2D eigenvalue weighted by Crippen LogP contribution is 2.40. The predicted molar refractivity (Wildman–Crippen MR) is 85.5 cm³/mol. The number of ether oxygens (including phenoxy) is 1. The third-order valence-electron chi connectivity index (χ3n) is 5.01. The lowest BCUT2D eigenvalue weighted by Gasteiger charge is -2.35. The van der Waals surface area contributed by atoms with E-state index >= 15 is 0 Å². The smallest absolute Gasteiger partial charge is 0.0594 e. The van der Waals surface area contributed by atoms with Gasteiger partial charge in [-0.05, 0) is 36.8 Å². The van der Waals surface area contributed by atoms with Crippen LogP contribution in [0.2, 0.25) is 0 Å². The molecule has 1 aromatic rings. The molecule has 0 radical (unpaired) electrons. The van der Waals surface area contributed by atoms with Gasteiger partial charge in [0.1, 0.15) is 0 Å². The molecule has 4 heteroatoms. The monoisotopic (exact) mass is 291 g/mol. The predicted octanol–water partition coefficient (Wildman–Crippen LogP) is 2.10. The fraction of sp³-hybridized carbons (Fsp3) is 0.765. The van der Waals surface area contributed by atoms with E-state index in [9.17, 15) is 0 Å². The first-order chi connectivity index (χ1) is 9.96. The first-order valence-electron chi connectivity index (χ1n) is 8.21. The van der Waals surface area contributed by atoms with Crippen molar-refractivity contribution >= 4 is 0 Å². The largest absolute Gasteiger partial charge is 0.379 e. The van der Waals surface area contributed by atoms with Crippen molar-refractivity contribution in [3.8, 4) is 0 Å². The maximum absolute atomic E-state index is 6.40. The fourth-order valence-electron chi connectivity index (χ4n) is 3.88. The molecule has 0 bridgehead atoms. The summed E-state index contributed by atoms with van der Waals surface area (Å²) >= 11 is 0. The van der Waals surface area contributed by atoms with Crippen molar-refractivity contribution in [1.29, 1.82) is 0 Å². The molecule has 1 aliphatic heterocycles. The number of aromatic nitrogens is 1. The number of fused-ring (bicyclic) bond motifs is 1. The molecule has 2 aliphatic rings. The van der Waals surface area contributed by atoms with Gasteiger partial charge in [-0.15, -0.1) is 0 Å². The Bertz CT molecular complexity index is 500. The summed E-state index contributed by atoms with van der Waals surface area (Å²) in [6.07, 6.45) is 2.24. The van der Waals surface area contributed by atoms with Crippen LogP contribution in [0.15, 0.2) is 6.07 Å². The Morgan fingerprint density at radius 2 is 2.00 bits per heavy atom. The van der Waals surface area contributed by atoms with Crippen LogP contribution in [-0.4, -0.2) is 42.3 Å². The number of hydrogen-bond acceptors (Lipinski definition) is 3. The van der Waals surface area contributed by atoms with E-state index in [-0.39, 0.29) is 6.04 Å². The molecule has 2 heterocycles. The first kappa shape index (κ1) is 15.1. The van der Waals surface area contributed by atoms with E-state index in [1.165, 1.54) is 17.0 Å². The molecule has 0 saturated carbocycles. The Labute approximate surface area is 128 Å². The van der Waals surface area contributed by atoms with Crippen LogP contribution in [0.25, 0.3) is 0 Å². The van der Waals surface area contributed by atoms with E-state index < -0.39 is 0 Å². The minimum atomic E-state index is 0.201. The van der Waals surface area contributed by atoms with E-state index in [0.29, 0.717) is 5.41 Å². The van der Waals surface area contributed by atoms with Crippen molar-refractivity contribution in [1.82, 2.24) is 9.47 Å². The number of hydrogen-bond donors (Lipinski definition) is 1. The minimum Gasteiger partial charge on any atom is -0.379 e. The molecule has 0 amide bonds. The van der Waals surface area contributed by atoms with E-state index in [2.05, 4.69) is 36.3 Å². The van der Waals surface area contributed by atoms with Crippen molar-refractivity contribution < 1.29 is 4.74 Å². The Morgan fingerprint density at radius 1 is 1.29 bits per heavy atom. The average Bonchev–Trinajstić information content (AvgIpc) is 2.73. The highest BCUT2D eigenvalue weighted by molar-refractivity contribution is 5.34. The minimum absolute atomic E-state index is 0.201. The summed E-state index contributed by atoms with van der Waals surface area (Å²) in [5.74, 6) is 0. The van der Waals surface area contributed by atoms with Crippen LogP contribution >= 0.6 is 0 Å². The normalized spacial score (nSPS) is 25.8. The van der Waals surface area contributed by atoms with E-state index in [1.807, 2.05) is 0 Å². The standard InChI is InChI=1S/C17H29N3O/c1-13-10-14-15(18)11-17(2,3)12-16(14)20(13)5-4-19-6-8-21-9-7-19/h10,15H,4-9,11-12,18H2,1-3H3. The van der Waals surface area contributed by atoms with Gasteiger partial charge in [0, 0.05) is 43.6 Å². The molecular formula is C17H29N3O. The molecule has 0 aromatic carbocycles. The zero-order valence-electron chi connectivity index (χ0n) is 13.7. The molecule has 1 atom stereocenters. The molecule has 0 spiro atoms. The fourth-order valence-corrected chi connectivity index (χ4v) is 3.88. The number of nitrogens with two attached hydrogens (primary N) is 1.